The topological polar surface area (TPSA) is 119 Å². The third kappa shape index (κ3) is 11.9. The van der Waals surface area contributed by atoms with E-state index in [2.05, 4.69) is 10.2 Å². The van der Waals surface area contributed by atoms with E-state index in [0.717, 1.165) is 58.8 Å². The summed E-state index contributed by atoms with van der Waals surface area (Å²) in [5.74, 6) is -5.51. The Morgan fingerprint density at radius 1 is 0.929 bits per heavy atom. The number of morpholine rings is 1. The van der Waals surface area contributed by atoms with Gasteiger partial charge in [-0.3, -0.25) is 4.90 Å². The number of nitrogens with zero attached hydrogens (tertiary/aromatic N) is 1. The highest BCUT2D eigenvalue weighted by Gasteiger charge is 2.38. The predicted molar refractivity (Wildman–Crippen MR) is 81.7 cm³/mol. The minimum Gasteiger partial charge on any atom is -0.475 e. The lowest BCUT2D eigenvalue weighted by Crippen LogP contribution is -2.52. The fourth-order valence-corrected chi connectivity index (χ4v) is 2.23. The van der Waals surface area contributed by atoms with Gasteiger partial charge in [-0.25, -0.2) is 9.59 Å². The Hall–Kier alpha value is -1.64. The average molecular weight is 428 g/mol. The molecule has 2 heterocycles. The van der Waals surface area contributed by atoms with Crippen molar-refractivity contribution in [1.82, 2.24) is 10.2 Å². The van der Waals surface area contributed by atoms with E-state index >= 15 is 0 Å². The number of hydrogen-bond donors (Lipinski definition) is 4. The summed E-state index contributed by atoms with van der Waals surface area (Å²) in [6.07, 6.45) is -8.41. The van der Waals surface area contributed by atoms with Crippen molar-refractivity contribution in [3.63, 3.8) is 0 Å². The zero-order valence-electron chi connectivity index (χ0n) is 14.6. The van der Waals surface area contributed by atoms with E-state index in [0.29, 0.717) is 0 Å². The second-order valence-electron chi connectivity index (χ2n) is 5.97. The summed E-state index contributed by atoms with van der Waals surface area (Å²) in [6.45, 7) is 6.27. The maximum absolute atomic E-state index is 10.6. The minimum absolute atomic E-state index is 0.456. The first-order chi connectivity index (χ1) is 12.7. The van der Waals surface area contributed by atoms with Crippen molar-refractivity contribution in [2.24, 2.45) is 0 Å². The number of carboxylic acids is 2. The lowest BCUT2D eigenvalue weighted by molar-refractivity contribution is -0.193. The Balaban J connectivity index is 0.000000444. The number of carbonyl (C=O) groups is 2. The molecule has 0 atom stereocenters. The van der Waals surface area contributed by atoms with Crippen molar-refractivity contribution in [3.8, 4) is 0 Å². The summed E-state index contributed by atoms with van der Waals surface area (Å²) in [4.78, 5) is 20.1. The van der Waals surface area contributed by atoms with Gasteiger partial charge in [0.25, 0.3) is 0 Å². The molecule has 0 aromatic rings. The van der Waals surface area contributed by atoms with Crippen LogP contribution < -0.4 is 5.32 Å². The SMILES string of the molecule is O=C(O)C(F)(F)F.O=C(O)C(F)(F)F.OC1(CN2CCOCC2)CCNCC1. The van der Waals surface area contributed by atoms with Gasteiger partial charge in [0.05, 0.1) is 18.8 Å². The van der Waals surface area contributed by atoms with Gasteiger partial charge in [0.2, 0.25) is 0 Å². The highest BCUT2D eigenvalue weighted by Crippen LogP contribution is 2.19. The molecule has 0 radical (unpaired) electrons. The number of nitrogens with one attached hydrogen (secondary N) is 1. The Labute approximate surface area is 156 Å². The number of rotatable bonds is 2. The highest BCUT2D eigenvalue weighted by atomic mass is 19.4. The second kappa shape index (κ2) is 11.4. The first-order valence-electron chi connectivity index (χ1n) is 8.01. The molecule has 0 amide bonds. The Kier molecular flexibility index (Phi) is 10.7. The molecule has 4 N–H and O–H groups in total. The van der Waals surface area contributed by atoms with Crippen LogP contribution in [0.25, 0.3) is 0 Å². The molecule has 0 saturated carbocycles. The second-order valence-corrected chi connectivity index (χ2v) is 5.97. The van der Waals surface area contributed by atoms with Crippen LogP contribution in [-0.2, 0) is 14.3 Å². The van der Waals surface area contributed by atoms with Crippen LogP contribution in [0.1, 0.15) is 12.8 Å². The Morgan fingerprint density at radius 3 is 1.61 bits per heavy atom. The predicted octanol–water partition coefficient (Wildman–Crippen LogP) is 0.700. The van der Waals surface area contributed by atoms with E-state index in [1.807, 2.05) is 0 Å². The maximum Gasteiger partial charge on any atom is 0.490 e. The van der Waals surface area contributed by atoms with Crippen LogP contribution in [0.3, 0.4) is 0 Å². The van der Waals surface area contributed by atoms with Gasteiger partial charge >= 0.3 is 24.3 Å². The van der Waals surface area contributed by atoms with Crippen LogP contribution in [0.2, 0.25) is 0 Å². The molecule has 0 unspecified atom stereocenters. The summed E-state index contributed by atoms with van der Waals surface area (Å²) < 4.78 is 68.8. The van der Waals surface area contributed by atoms with E-state index in [1.54, 1.807) is 0 Å². The van der Waals surface area contributed by atoms with Crippen LogP contribution in [0, 0.1) is 0 Å². The molecule has 2 rings (SSSR count). The molecule has 2 saturated heterocycles. The van der Waals surface area contributed by atoms with Crippen LogP contribution in [0.5, 0.6) is 0 Å². The molecule has 0 spiro atoms. The molecule has 0 aliphatic carbocycles. The number of β-amino-alcohol motifs (C(OH)–C–C–N with tert-alkyl or cyclic N) is 1. The fraction of sp³-hybridized carbons (Fsp3) is 0.857. The van der Waals surface area contributed by atoms with E-state index in [9.17, 15) is 31.4 Å². The van der Waals surface area contributed by atoms with Gasteiger partial charge in [-0.2, -0.15) is 26.3 Å². The zero-order valence-corrected chi connectivity index (χ0v) is 14.6. The molecule has 166 valence electrons. The van der Waals surface area contributed by atoms with E-state index in [4.69, 9.17) is 24.5 Å². The van der Waals surface area contributed by atoms with E-state index < -0.39 is 29.9 Å². The molecule has 14 heteroatoms. The minimum atomic E-state index is -5.08. The van der Waals surface area contributed by atoms with Crippen molar-refractivity contribution in [2.45, 2.75) is 30.8 Å². The number of carboxylic acid groups (broad SMARTS) is 2. The number of aliphatic hydroxyl groups is 1. The Morgan fingerprint density at radius 2 is 1.29 bits per heavy atom. The highest BCUT2D eigenvalue weighted by molar-refractivity contribution is 5.73. The van der Waals surface area contributed by atoms with Gasteiger partial charge in [0, 0.05) is 19.6 Å². The molecule has 0 bridgehead atoms. The van der Waals surface area contributed by atoms with Gasteiger partial charge < -0.3 is 25.4 Å². The van der Waals surface area contributed by atoms with Crippen LogP contribution in [0.4, 0.5) is 26.3 Å². The third-order valence-electron chi connectivity index (χ3n) is 3.64. The summed E-state index contributed by atoms with van der Waals surface area (Å²) in [5.41, 5.74) is -0.456. The van der Waals surface area contributed by atoms with E-state index in [1.165, 1.54) is 0 Å². The van der Waals surface area contributed by atoms with Crippen molar-refractivity contribution >= 4 is 11.9 Å². The quantitative estimate of drug-likeness (QED) is 0.475. The van der Waals surface area contributed by atoms with Crippen molar-refractivity contribution in [3.05, 3.63) is 0 Å². The summed E-state index contributed by atoms with van der Waals surface area (Å²) in [6, 6.07) is 0. The van der Waals surface area contributed by atoms with Gasteiger partial charge in [-0.1, -0.05) is 0 Å². The van der Waals surface area contributed by atoms with Gasteiger partial charge in [0.1, 0.15) is 0 Å². The molecule has 2 aliphatic heterocycles. The van der Waals surface area contributed by atoms with Gasteiger partial charge in [-0.05, 0) is 25.9 Å². The molecule has 0 aromatic carbocycles. The van der Waals surface area contributed by atoms with Crippen molar-refractivity contribution in [2.75, 3.05) is 45.9 Å². The molecule has 0 aromatic heterocycles. The normalized spacial score (nSPS) is 20.1. The number of aliphatic carboxylic acids is 2. The number of ether oxygens (including phenoxy) is 1. The third-order valence-corrected chi connectivity index (χ3v) is 3.64. The smallest absolute Gasteiger partial charge is 0.475 e. The number of alkyl halides is 6. The monoisotopic (exact) mass is 428 g/mol. The first-order valence-corrected chi connectivity index (χ1v) is 8.01. The molecule has 28 heavy (non-hydrogen) atoms. The Bertz CT molecular complexity index is 464. The largest absolute Gasteiger partial charge is 0.490 e. The van der Waals surface area contributed by atoms with Gasteiger partial charge in [-0.15, -0.1) is 0 Å². The lowest BCUT2D eigenvalue weighted by Gasteiger charge is -2.38. The standard InChI is InChI=1S/C10H20N2O2.2C2HF3O2/c13-10(1-3-11-4-2-10)9-12-5-7-14-8-6-12;2*3-2(4,5)1(6)7/h11,13H,1-9H2;2*(H,6,7). The molecule has 2 fully saturated rings. The fourth-order valence-electron chi connectivity index (χ4n) is 2.23. The number of piperidine rings is 1. The number of halogens is 6. The van der Waals surface area contributed by atoms with Crippen LogP contribution in [-0.4, -0.2) is 96.0 Å². The van der Waals surface area contributed by atoms with E-state index in [-0.39, 0.29) is 0 Å². The molecule has 2 aliphatic rings. The van der Waals surface area contributed by atoms with Crippen LogP contribution >= 0.6 is 0 Å². The first kappa shape index (κ1) is 26.4. The van der Waals surface area contributed by atoms with Crippen LogP contribution in [0.15, 0.2) is 0 Å². The summed E-state index contributed by atoms with van der Waals surface area (Å²) >= 11 is 0. The average Bonchev–Trinajstić information content (AvgIpc) is 2.55. The lowest BCUT2D eigenvalue weighted by atomic mass is 9.92. The maximum atomic E-state index is 10.6. The zero-order chi connectivity index (χ0) is 22.0. The molecule has 8 nitrogen and oxygen atoms in total. The number of hydrogen-bond acceptors (Lipinski definition) is 6. The summed E-state index contributed by atoms with van der Waals surface area (Å²) in [7, 11) is 0. The van der Waals surface area contributed by atoms with Crippen molar-refractivity contribution in [1.29, 1.82) is 0 Å². The molecular formula is C14H22F6N2O6. The summed E-state index contributed by atoms with van der Waals surface area (Å²) in [5, 5.41) is 27.8. The molecular weight excluding hydrogens is 406 g/mol. The van der Waals surface area contributed by atoms with Gasteiger partial charge in [0.15, 0.2) is 0 Å². The van der Waals surface area contributed by atoms with Crippen molar-refractivity contribution < 1.29 is 56.0 Å².